The first-order valence-electron chi connectivity index (χ1n) is 15.5. The Bertz CT molecular complexity index is 1750. The van der Waals surface area contributed by atoms with E-state index >= 15 is 0 Å². The van der Waals surface area contributed by atoms with Gasteiger partial charge in [0.15, 0.2) is 0 Å². The highest BCUT2D eigenvalue weighted by molar-refractivity contribution is 9.10. The van der Waals surface area contributed by atoms with Gasteiger partial charge < -0.3 is 30.2 Å². The maximum Gasteiger partial charge on any atom is 0.229 e. The van der Waals surface area contributed by atoms with Crippen molar-refractivity contribution in [1.29, 1.82) is 0 Å². The molecule has 4 aromatic rings. The van der Waals surface area contributed by atoms with Gasteiger partial charge in [-0.25, -0.2) is 4.98 Å². The lowest BCUT2D eigenvalue weighted by Gasteiger charge is -2.41. The Labute approximate surface area is 273 Å². The summed E-state index contributed by atoms with van der Waals surface area (Å²) in [6, 6.07) is 12.7. The number of fused-ring (bicyclic) bond motifs is 1. The van der Waals surface area contributed by atoms with Crippen LogP contribution in [0, 0.1) is 13.8 Å². The number of aryl methyl sites for hydroxylation is 2. The van der Waals surface area contributed by atoms with Gasteiger partial charge in [0, 0.05) is 79.6 Å². The van der Waals surface area contributed by atoms with Crippen LogP contribution >= 0.6 is 23.1 Å². The summed E-state index contributed by atoms with van der Waals surface area (Å²) in [5.74, 6) is 1.71. The van der Waals surface area contributed by atoms with Crippen molar-refractivity contribution in [1.82, 2.24) is 25.2 Å². The van der Waals surface area contributed by atoms with Crippen molar-refractivity contribution in [3.05, 3.63) is 58.3 Å². The zero-order valence-electron chi connectivity index (χ0n) is 26.7. The van der Waals surface area contributed by atoms with E-state index in [0.29, 0.717) is 22.3 Å². The molecule has 0 aliphatic carbocycles. The van der Waals surface area contributed by atoms with E-state index < -0.39 is 7.14 Å². The fourth-order valence-corrected chi connectivity index (χ4v) is 8.31. The monoisotopic (exact) mass is 692 g/mol. The average molecular weight is 694 g/mol. The van der Waals surface area contributed by atoms with Crippen LogP contribution in [0.25, 0.3) is 10.9 Å². The zero-order chi connectivity index (χ0) is 31.7. The summed E-state index contributed by atoms with van der Waals surface area (Å²) in [4.78, 5) is 19.1. The second kappa shape index (κ2) is 13.2. The molecular formula is C33H42BrN8O2P. The molecule has 2 aliphatic rings. The number of aromatic nitrogens is 3. The Balaban J connectivity index is 1.23. The Morgan fingerprint density at radius 1 is 0.978 bits per heavy atom. The maximum absolute atomic E-state index is 13.5. The summed E-state index contributed by atoms with van der Waals surface area (Å²) in [5, 5.41) is 11.9. The number of piperidine rings is 1. The molecule has 2 aromatic heterocycles. The molecule has 238 valence electrons. The fraction of sp³-hybridized carbons (Fsp3) is 0.424. The van der Waals surface area contributed by atoms with E-state index in [9.17, 15) is 4.57 Å². The van der Waals surface area contributed by atoms with Crippen LogP contribution < -0.4 is 30.9 Å². The zero-order valence-corrected chi connectivity index (χ0v) is 29.1. The first kappa shape index (κ1) is 31.7. The second-order valence-corrected chi connectivity index (χ2v) is 16.3. The highest BCUT2D eigenvalue weighted by atomic mass is 79.9. The maximum atomic E-state index is 13.5. The molecule has 0 spiro atoms. The van der Waals surface area contributed by atoms with Gasteiger partial charge in [-0.2, -0.15) is 4.98 Å². The van der Waals surface area contributed by atoms with E-state index in [4.69, 9.17) is 9.72 Å². The van der Waals surface area contributed by atoms with Gasteiger partial charge in [-0.15, -0.1) is 0 Å². The van der Waals surface area contributed by atoms with E-state index in [2.05, 4.69) is 70.7 Å². The highest BCUT2D eigenvalue weighted by Gasteiger charge is 2.27. The molecule has 45 heavy (non-hydrogen) atoms. The fourth-order valence-electron chi connectivity index (χ4n) is 6.54. The number of nitrogens with zero attached hydrogens (tertiary/aromatic N) is 5. The van der Waals surface area contributed by atoms with Crippen LogP contribution in [0.15, 0.2) is 47.1 Å². The molecular weight excluding hydrogens is 651 g/mol. The third kappa shape index (κ3) is 6.97. The standard InChI is InChI=1S/C33H42BrN8O2P/c1-21-18-28(30(44-3)19-29(21)42-14-10-23(11-15-42)41-16-12-35-13-17-41)39-33-36-20-25(34)32(40-33)38-27-9-8-26-24(7-6-22(2)37-26)31(27)45(4,5)43/h6-9,18-20,23,35H,10-17H2,1-5H3,(H2,36,38,39,40). The van der Waals surface area contributed by atoms with E-state index in [1.165, 1.54) is 24.1 Å². The van der Waals surface area contributed by atoms with Crippen molar-refractivity contribution in [3.63, 3.8) is 0 Å². The van der Waals surface area contributed by atoms with E-state index in [1.807, 2.05) is 31.2 Å². The Hall–Kier alpha value is -3.24. The van der Waals surface area contributed by atoms with Gasteiger partial charge in [0.05, 0.1) is 28.5 Å². The van der Waals surface area contributed by atoms with Gasteiger partial charge in [-0.1, -0.05) is 6.07 Å². The number of hydrogen-bond donors (Lipinski definition) is 3. The van der Waals surface area contributed by atoms with Crippen LogP contribution in [0.4, 0.5) is 28.8 Å². The van der Waals surface area contributed by atoms with Crippen LogP contribution in [0.5, 0.6) is 5.75 Å². The molecule has 0 unspecified atom stereocenters. The first-order chi connectivity index (χ1) is 21.6. The summed E-state index contributed by atoms with van der Waals surface area (Å²) in [7, 11) is -0.990. The van der Waals surface area contributed by atoms with Crippen molar-refractivity contribution < 1.29 is 9.30 Å². The molecule has 2 saturated heterocycles. The summed E-state index contributed by atoms with van der Waals surface area (Å²) in [5.41, 5.74) is 5.62. The second-order valence-electron chi connectivity index (χ2n) is 12.3. The van der Waals surface area contributed by atoms with Gasteiger partial charge in [-0.05, 0) is 85.8 Å². The molecule has 0 atom stereocenters. The van der Waals surface area contributed by atoms with Crippen LogP contribution in [-0.4, -0.2) is 85.6 Å². The number of rotatable bonds is 8. The normalized spacial score (nSPS) is 16.6. The number of benzene rings is 2. The van der Waals surface area contributed by atoms with Gasteiger partial charge >= 0.3 is 0 Å². The van der Waals surface area contributed by atoms with Gasteiger partial charge in [0.1, 0.15) is 18.7 Å². The predicted molar refractivity (Wildman–Crippen MR) is 189 cm³/mol. The Morgan fingerprint density at radius 2 is 1.73 bits per heavy atom. The Morgan fingerprint density at radius 3 is 2.44 bits per heavy atom. The number of hydrogen-bond acceptors (Lipinski definition) is 10. The average Bonchev–Trinajstić information content (AvgIpc) is 3.02. The van der Waals surface area contributed by atoms with Crippen LogP contribution in [-0.2, 0) is 4.57 Å². The largest absolute Gasteiger partial charge is 0.494 e. The summed E-state index contributed by atoms with van der Waals surface area (Å²) in [6.45, 7) is 14.2. The summed E-state index contributed by atoms with van der Waals surface area (Å²) < 4.78 is 20.0. The number of piperazine rings is 1. The van der Waals surface area contributed by atoms with E-state index in [0.717, 1.165) is 78.3 Å². The molecule has 2 aromatic carbocycles. The minimum Gasteiger partial charge on any atom is -0.494 e. The predicted octanol–water partition coefficient (Wildman–Crippen LogP) is 6.02. The smallest absolute Gasteiger partial charge is 0.229 e. The molecule has 12 heteroatoms. The third-order valence-corrected chi connectivity index (χ3v) is 10.9. The first-order valence-corrected chi connectivity index (χ1v) is 18.9. The van der Waals surface area contributed by atoms with Crippen LogP contribution in [0.1, 0.15) is 24.1 Å². The van der Waals surface area contributed by atoms with Gasteiger partial charge in [0.25, 0.3) is 0 Å². The Kier molecular flexibility index (Phi) is 9.34. The number of anilines is 5. The van der Waals surface area contributed by atoms with Crippen molar-refractivity contribution in [2.45, 2.75) is 32.7 Å². The number of nitrogens with one attached hydrogen (secondary N) is 3. The molecule has 0 radical (unpaired) electrons. The molecule has 10 nitrogen and oxygen atoms in total. The van der Waals surface area contributed by atoms with Crippen molar-refractivity contribution in [3.8, 4) is 5.75 Å². The lowest BCUT2D eigenvalue weighted by molar-refractivity contribution is 0.150. The van der Waals surface area contributed by atoms with Gasteiger partial charge in [-0.3, -0.25) is 9.88 Å². The quantitative estimate of drug-likeness (QED) is 0.190. The summed E-state index contributed by atoms with van der Waals surface area (Å²) >= 11 is 3.60. The van der Waals surface area contributed by atoms with E-state index in [1.54, 1.807) is 26.6 Å². The topological polar surface area (TPSA) is 108 Å². The van der Waals surface area contributed by atoms with Crippen LogP contribution in [0.2, 0.25) is 0 Å². The molecule has 6 rings (SSSR count). The molecule has 0 saturated carbocycles. The molecule has 0 bridgehead atoms. The summed E-state index contributed by atoms with van der Waals surface area (Å²) in [6.07, 6.45) is 4.05. The lowest BCUT2D eigenvalue weighted by atomic mass is 10.0. The number of ether oxygens (including phenoxy) is 1. The minimum atomic E-state index is -2.68. The highest BCUT2D eigenvalue weighted by Crippen LogP contribution is 2.42. The van der Waals surface area contributed by atoms with Crippen LogP contribution in [0.3, 0.4) is 0 Å². The SMILES string of the molecule is COc1cc(N2CCC(N3CCNCC3)CC2)c(C)cc1Nc1ncc(Br)c(Nc2ccc3nc(C)ccc3c2P(C)(C)=O)n1. The minimum absolute atomic E-state index is 0.416. The number of halogens is 1. The number of methoxy groups -OCH3 is 1. The third-order valence-electron chi connectivity index (χ3n) is 8.76. The molecule has 4 heterocycles. The molecule has 2 fully saturated rings. The van der Waals surface area contributed by atoms with E-state index in [-0.39, 0.29) is 0 Å². The molecule has 0 amide bonds. The van der Waals surface area contributed by atoms with Crippen molar-refractivity contribution in [2.75, 3.05) is 75.2 Å². The molecule has 3 N–H and O–H groups in total. The van der Waals surface area contributed by atoms with Crippen molar-refractivity contribution >= 4 is 68.1 Å². The lowest BCUT2D eigenvalue weighted by Crippen LogP contribution is -2.52. The number of pyridine rings is 1. The van der Waals surface area contributed by atoms with Crippen molar-refractivity contribution in [2.24, 2.45) is 0 Å². The van der Waals surface area contributed by atoms with Gasteiger partial charge in [0.2, 0.25) is 5.95 Å². The molecule has 2 aliphatic heterocycles.